The van der Waals surface area contributed by atoms with E-state index in [4.69, 9.17) is 9.84 Å². The Hall–Kier alpha value is -2.59. The Morgan fingerprint density at radius 1 is 1.09 bits per heavy atom. The maximum atomic E-state index is 10.5. The van der Waals surface area contributed by atoms with Crippen LogP contribution in [0.1, 0.15) is 0 Å². The quantitative estimate of drug-likeness (QED) is 0.771. The maximum Gasteiger partial charge on any atom is 0.327 e. The third-order valence-corrected chi connectivity index (χ3v) is 3.17. The Kier molecular flexibility index (Phi) is 5.74. The molecule has 1 unspecified atom stereocenters. The van der Waals surface area contributed by atoms with Crippen LogP contribution in [-0.2, 0) is 4.79 Å². The van der Waals surface area contributed by atoms with Gasteiger partial charge < -0.3 is 14.9 Å². The molecule has 2 aromatic rings. The Bertz CT molecular complexity index is 635. The van der Waals surface area contributed by atoms with Crippen molar-refractivity contribution >= 4 is 5.97 Å². The third-order valence-electron chi connectivity index (χ3n) is 3.17. The van der Waals surface area contributed by atoms with Crippen molar-refractivity contribution < 1.29 is 19.7 Å². The van der Waals surface area contributed by atoms with Gasteiger partial charge in [0.25, 0.3) is 0 Å². The fraction of sp³-hybridized carbons (Fsp3) is 0.167. The van der Waals surface area contributed by atoms with E-state index in [-0.39, 0.29) is 19.1 Å². The zero-order valence-electron chi connectivity index (χ0n) is 12.1. The van der Waals surface area contributed by atoms with Crippen LogP contribution >= 0.6 is 0 Å². The minimum atomic E-state index is -1.04. The standard InChI is InChI=1S/C18H18O4/c19-12-14(10-11-18(20)21)13-22-17-9-5-4-8-16(17)15-6-2-1-3-7-15/h1-11,14,19H,12-13H2,(H,20,21). The summed E-state index contributed by atoms with van der Waals surface area (Å²) >= 11 is 0. The average Bonchev–Trinajstić information content (AvgIpc) is 2.56. The van der Waals surface area contributed by atoms with Crippen molar-refractivity contribution in [3.63, 3.8) is 0 Å². The van der Waals surface area contributed by atoms with Gasteiger partial charge in [0.1, 0.15) is 5.75 Å². The molecule has 0 aromatic heterocycles. The SMILES string of the molecule is O=C(O)C=CC(CO)COc1ccccc1-c1ccccc1. The summed E-state index contributed by atoms with van der Waals surface area (Å²) in [4.78, 5) is 10.5. The van der Waals surface area contributed by atoms with Crippen molar-refractivity contribution in [3.05, 3.63) is 66.7 Å². The number of hydrogen-bond acceptors (Lipinski definition) is 3. The van der Waals surface area contributed by atoms with Crippen LogP contribution in [0.25, 0.3) is 11.1 Å². The minimum Gasteiger partial charge on any atom is -0.492 e. The van der Waals surface area contributed by atoms with Gasteiger partial charge in [-0.15, -0.1) is 0 Å². The number of para-hydroxylation sites is 1. The summed E-state index contributed by atoms with van der Waals surface area (Å²) < 4.78 is 5.77. The second-order valence-electron chi connectivity index (χ2n) is 4.81. The van der Waals surface area contributed by atoms with Gasteiger partial charge in [0.15, 0.2) is 0 Å². The summed E-state index contributed by atoms with van der Waals surface area (Å²) in [6, 6.07) is 17.5. The Labute approximate surface area is 129 Å². The van der Waals surface area contributed by atoms with E-state index in [1.54, 1.807) is 0 Å². The lowest BCUT2D eigenvalue weighted by atomic mass is 10.0. The topological polar surface area (TPSA) is 66.8 Å². The molecule has 0 aliphatic heterocycles. The fourth-order valence-electron chi connectivity index (χ4n) is 2.03. The second-order valence-corrected chi connectivity index (χ2v) is 4.81. The number of aliphatic hydroxyl groups excluding tert-OH is 1. The number of carbonyl (C=O) groups is 1. The van der Waals surface area contributed by atoms with Crippen LogP contribution in [0.4, 0.5) is 0 Å². The molecule has 0 spiro atoms. The van der Waals surface area contributed by atoms with Gasteiger partial charge in [0, 0.05) is 17.6 Å². The minimum absolute atomic E-state index is 0.169. The van der Waals surface area contributed by atoms with Gasteiger partial charge in [-0.25, -0.2) is 4.79 Å². The van der Waals surface area contributed by atoms with E-state index >= 15 is 0 Å². The molecule has 0 saturated carbocycles. The summed E-state index contributed by atoms with van der Waals surface area (Å²) in [5.74, 6) is -0.695. The predicted octanol–water partition coefficient (Wildman–Crippen LogP) is 2.98. The number of carboxylic acid groups (broad SMARTS) is 1. The van der Waals surface area contributed by atoms with E-state index in [2.05, 4.69) is 0 Å². The average molecular weight is 298 g/mol. The van der Waals surface area contributed by atoms with E-state index in [1.807, 2.05) is 54.6 Å². The molecule has 4 nitrogen and oxygen atoms in total. The van der Waals surface area contributed by atoms with Crippen LogP contribution in [0.3, 0.4) is 0 Å². The summed E-state index contributed by atoms with van der Waals surface area (Å²) in [6.07, 6.45) is 2.46. The molecule has 2 rings (SSSR count). The Balaban J connectivity index is 2.12. The van der Waals surface area contributed by atoms with Gasteiger partial charge in [-0.1, -0.05) is 54.6 Å². The number of ether oxygens (including phenoxy) is 1. The van der Waals surface area contributed by atoms with E-state index in [0.717, 1.165) is 17.2 Å². The van der Waals surface area contributed by atoms with Crippen LogP contribution < -0.4 is 4.74 Å². The zero-order valence-corrected chi connectivity index (χ0v) is 12.1. The van der Waals surface area contributed by atoms with Gasteiger partial charge in [0.05, 0.1) is 13.2 Å². The second kappa shape index (κ2) is 8.00. The van der Waals surface area contributed by atoms with Gasteiger partial charge in [-0.2, -0.15) is 0 Å². The Morgan fingerprint density at radius 2 is 1.77 bits per heavy atom. The highest BCUT2D eigenvalue weighted by molar-refractivity contribution is 5.79. The van der Waals surface area contributed by atoms with Crippen molar-refractivity contribution in [2.75, 3.05) is 13.2 Å². The zero-order chi connectivity index (χ0) is 15.8. The summed E-state index contributed by atoms with van der Waals surface area (Å²) in [6.45, 7) is 0.0431. The first kappa shape index (κ1) is 15.8. The molecule has 0 aliphatic rings. The molecule has 4 heteroatoms. The lowest BCUT2D eigenvalue weighted by Gasteiger charge is -2.15. The Morgan fingerprint density at radius 3 is 2.45 bits per heavy atom. The molecule has 0 bridgehead atoms. The molecular formula is C18H18O4. The van der Waals surface area contributed by atoms with Crippen LogP contribution in [0.2, 0.25) is 0 Å². The first-order chi connectivity index (χ1) is 10.7. The van der Waals surface area contributed by atoms with E-state index in [1.165, 1.54) is 6.08 Å². The van der Waals surface area contributed by atoms with Crippen LogP contribution in [0, 0.1) is 5.92 Å². The van der Waals surface area contributed by atoms with Crippen molar-refractivity contribution in [1.82, 2.24) is 0 Å². The predicted molar refractivity (Wildman–Crippen MR) is 84.7 cm³/mol. The first-order valence-corrected chi connectivity index (χ1v) is 7.00. The van der Waals surface area contributed by atoms with E-state index in [9.17, 15) is 9.90 Å². The summed E-state index contributed by atoms with van der Waals surface area (Å²) in [5, 5.41) is 17.9. The van der Waals surface area contributed by atoms with Crippen molar-refractivity contribution in [1.29, 1.82) is 0 Å². The number of carboxylic acids is 1. The van der Waals surface area contributed by atoms with E-state index in [0.29, 0.717) is 5.75 Å². The van der Waals surface area contributed by atoms with Gasteiger partial charge in [-0.05, 0) is 11.6 Å². The lowest BCUT2D eigenvalue weighted by Crippen LogP contribution is -2.14. The van der Waals surface area contributed by atoms with Gasteiger partial charge in [-0.3, -0.25) is 0 Å². The molecule has 1 atom stereocenters. The van der Waals surface area contributed by atoms with Crippen LogP contribution in [-0.4, -0.2) is 29.4 Å². The van der Waals surface area contributed by atoms with Gasteiger partial charge >= 0.3 is 5.97 Å². The smallest absolute Gasteiger partial charge is 0.327 e. The third kappa shape index (κ3) is 4.46. The fourth-order valence-corrected chi connectivity index (χ4v) is 2.03. The lowest BCUT2D eigenvalue weighted by molar-refractivity contribution is -0.131. The maximum absolute atomic E-state index is 10.5. The number of aliphatic hydroxyl groups is 1. The highest BCUT2D eigenvalue weighted by Crippen LogP contribution is 2.29. The first-order valence-electron chi connectivity index (χ1n) is 7.00. The monoisotopic (exact) mass is 298 g/mol. The number of hydrogen-bond donors (Lipinski definition) is 2. The van der Waals surface area contributed by atoms with Crippen molar-refractivity contribution in [3.8, 4) is 16.9 Å². The van der Waals surface area contributed by atoms with E-state index < -0.39 is 5.97 Å². The molecule has 0 heterocycles. The highest BCUT2D eigenvalue weighted by atomic mass is 16.5. The summed E-state index contributed by atoms with van der Waals surface area (Å²) in [5.41, 5.74) is 2.00. The van der Waals surface area contributed by atoms with Gasteiger partial charge in [0.2, 0.25) is 0 Å². The molecule has 0 aliphatic carbocycles. The molecule has 0 amide bonds. The molecule has 2 aromatic carbocycles. The molecule has 0 fully saturated rings. The molecule has 0 radical (unpaired) electrons. The highest BCUT2D eigenvalue weighted by Gasteiger charge is 2.09. The number of benzene rings is 2. The van der Waals surface area contributed by atoms with Crippen molar-refractivity contribution in [2.45, 2.75) is 0 Å². The van der Waals surface area contributed by atoms with Crippen LogP contribution in [0.5, 0.6) is 5.75 Å². The molecular weight excluding hydrogens is 280 g/mol. The summed E-state index contributed by atoms with van der Waals surface area (Å²) in [7, 11) is 0. The molecule has 0 saturated heterocycles. The molecule has 114 valence electrons. The molecule has 22 heavy (non-hydrogen) atoms. The normalized spacial score (nSPS) is 12.2. The largest absolute Gasteiger partial charge is 0.492 e. The van der Waals surface area contributed by atoms with Crippen molar-refractivity contribution in [2.24, 2.45) is 5.92 Å². The number of aliphatic carboxylic acids is 1. The van der Waals surface area contributed by atoms with Crippen LogP contribution in [0.15, 0.2) is 66.7 Å². The number of rotatable bonds is 7. The molecule has 2 N–H and O–H groups in total.